The molecule has 3 unspecified atom stereocenters. The standard InChI is InChI=1S/C13H26O4.C13H26O3.C11H22O4.CH4/c1-9(2)5-6-12(10(3)4)13(16)17-11(7-14)8-15;1-6-11(8-14)16-13(15)12(10(4)5)7-9(2)3;1-7(2)10(8(3)4)11(14)15-9(5-12)6-13;/h9-12,14-15H,5-8H2,1-4H3;9-12,14H,6-8H2,1-5H3;7-10,12-13H,5-6H2,1-4H3;1H4. The van der Waals surface area contributed by atoms with Gasteiger partial charge in [-0.1, -0.05) is 104 Å². The lowest BCUT2D eigenvalue weighted by molar-refractivity contribution is -0.162. The molecule has 0 heterocycles. The first-order valence-electron chi connectivity index (χ1n) is 17.9. The van der Waals surface area contributed by atoms with Gasteiger partial charge in [-0.05, 0) is 54.8 Å². The van der Waals surface area contributed by atoms with Crippen molar-refractivity contribution in [1.29, 1.82) is 0 Å². The summed E-state index contributed by atoms with van der Waals surface area (Å²) in [5.41, 5.74) is 0. The van der Waals surface area contributed by atoms with Crippen LogP contribution in [0.1, 0.15) is 123 Å². The zero-order valence-corrected chi connectivity index (χ0v) is 32.5. The second-order valence-corrected chi connectivity index (χ2v) is 14.8. The number of aliphatic hydroxyl groups is 5. The van der Waals surface area contributed by atoms with E-state index in [1.807, 2.05) is 62.3 Å². The van der Waals surface area contributed by atoms with E-state index < -0.39 is 12.2 Å². The van der Waals surface area contributed by atoms with E-state index in [9.17, 15) is 14.4 Å². The molecule has 0 fully saturated rings. The highest BCUT2D eigenvalue weighted by molar-refractivity contribution is 5.74. The topological polar surface area (TPSA) is 180 Å². The van der Waals surface area contributed by atoms with Gasteiger partial charge in [0.05, 0.1) is 50.8 Å². The molecule has 11 nitrogen and oxygen atoms in total. The second-order valence-electron chi connectivity index (χ2n) is 14.8. The fraction of sp³-hybridized carbons (Fsp3) is 0.921. The molecule has 0 rings (SSSR count). The van der Waals surface area contributed by atoms with Crippen LogP contribution < -0.4 is 0 Å². The Balaban J connectivity index is -0.000000307. The van der Waals surface area contributed by atoms with Crippen molar-refractivity contribution in [2.24, 2.45) is 53.3 Å². The largest absolute Gasteiger partial charge is 0.460 e. The fourth-order valence-corrected chi connectivity index (χ4v) is 4.96. The summed E-state index contributed by atoms with van der Waals surface area (Å²) in [6.45, 7) is 24.8. The fourth-order valence-electron chi connectivity index (χ4n) is 4.96. The third-order valence-electron chi connectivity index (χ3n) is 8.03. The molecule has 296 valence electrons. The first-order chi connectivity index (χ1) is 22.3. The molecule has 0 aromatic heterocycles. The molecule has 0 spiro atoms. The molecule has 3 atom stereocenters. The van der Waals surface area contributed by atoms with Crippen LogP contribution in [0.2, 0.25) is 0 Å². The molecular formula is C38H78O11. The molecular weight excluding hydrogens is 632 g/mol. The second kappa shape index (κ2) is 31.0. The molecule has 0 aliphatic carbocycles. The summed E-state index contributed by atoms with van der Waals surface area (Å²) >= 11 is 0. The van der Waals surface area contributed by atoms with E-state index in [1.165, 1.54) is 0 Å². The van der Waals surface area contributed by atoms with Crippen molar-refractivity contribution in [2.45, 2.75) is 141 Å². The number of carbonyl (C=O) groups excluding carboxylic acids is 3. The smallest absolute Gasteiger partial charge is 0.309 e. The van der Waals surface area contributed by atoms with Crippen molar-refractivity contribution >= 4 is 17.9 Å². The predicted molar refractivity (Wildman–Crippen MR) is 195 cm³/mol. The molecule has 0 saturated heterocycles. The molecule has 0 amide bonds. The van der Waals surface area contributed by atoms with E-state index in [4.69, 9.17) is 39.7 Å². The van der Waals surface area contributed by atoms with Crippen molar-refractivity contribution < 1.29 is 54.1 Å². The highest BCUT2D eigenvalue weighted by atomic mass is 16.6. The van der Waals surface area contributed by atoms with Gasteiger partial charge in [-0.15, -0.1) is 0 Å². The van der Waals surface area contributed by atoms with Crippen LogP contribution >= 0.6 is 0 Å². The number of ether oxygens (including phenoxy) is 3. The maximum atomic E-state index is 11.9. The van der Waals surface area contributed by atoms with E-state index in [-0.39, 0.29) is 106 Å². The Labute approximate surface area is 299 Å². The van der Waals surface area contributed by atoms with E-state index in [0.29, 0.717) is 18.3 Å². The lowest BCUT2D eigenvalue weighted by atomic mass is 9.86. The molecule has 49 heavy (non-hydrogen) atoms. The monoisotopic (exact) mass is 711 g/mol. The summed E-state index contributed by atoms with van der Waals surface area (Å²) in [5, 5.41) is 44.3. The maximum absolute atomic E-state index is 11.9. The summed E-state index contributed by atoms with van der Waals surface area (Å²) < 4.78 is 15.3. The van der Waals surface area contributed by atoms with Gasteiger partial charge in [-0.3, -0.25) is 14.4 Å². The third-order valence-corrected chi connectivity index (χ3v) is 8.03. The summed E-state index contributed by atoms with van der Waals surface area (Å²) in [6, 6.07) is 0. The molecule has 0 bridgehead atoms. The predicted octanol–water partition coefficient (Wildman–Crippen LogP) is 5.66. The van der Waals surface area contributed by atoms with Gasteiger partial charge in [0.1, 0.15) is 18.3 Å². The van der Waals surface area contributed by atoms with Crippen molar-refractivity contribution in [3.05, 3.63) is 0 Å². The van der Waals surface area contributed by atoms with Crippen LogP contribution in [0.25, 0.3) is 0 Å². The van der Waals surface area contributed by atoms with E-state index in [1.54, 1.807) is 0 Å². The van der Waals surface area contributed by atoms with Gasteiger partial charge < -0.3 is 39.7 Å². The summed E-state index contributed by atoms with van der Waals surface area (Å²) in [5.74, 6) is 0.691. The number of hydrogen-bond acceptors (Lipinski definition) is 11. The van der Waals surface area contributed by atoms with Gasteiger partial charge in [0.25, 0.3) is 0 Å². The molecule has 0 aromatic rings. The number of rotatable bonds is 21. The SMILES string of the molecule is C.CC(C)C(C(=O)OC(CO)CO)C(C)C.CC(C)CCC(C(=O)OC(CO)CO)C(C)C.CCC(CO)OC(=O)C(CC(C)C)C(C)C. The van der Waals surface area contributed by atoms with Gasteiger partial charge in [0, 0.05) is 0 Å². The minimum absolute atomic E-state index is 0. The quantitative estimate of drug-likeness (QED) is 0.0733. The summed E-state index contributed by atoms with van der Waals surface area (Å²) in [6.07, 6.45) is 1.34. The first kappa shape index (κ1) is 54.0. The first-order valence-corrected chi connectivity index (χ1v) is 17.9. The highest BCUT2D eigenvalue weighted by Gasteiger charge is 2.29. The number of hydrogen-bond donors (Lipinski definition) is 5. The Morgan fingerprint density at radius 2 is 0.816 bits per heavy atom. The van der Waals surface area contributed by atoms with Gasteiger partial charge in [0.15, 0.2) is 0 Å². The Bertz CT molecular complexity index is 792. The maximum Gasteiger partial charge on any atom is 0.309 e. The van der Waals surface area contributed by atoms with Gasteiger partial charge in [-0.25, -0.2) is 0 Å². The molecule has 11 heteroatoms. The normalized spacial score (nSPS) is 13.3. The molecule has 5 N–H and O–H groups in total. The number of esters is 3. The average Bonchev–Trinajstić information content (AvgIpc) is 2.99. The average molecular weight is 711 g/mol. The van der Waals surface area contributed by atoms with E-state index in [0.717, 1.165) is 19.3 Å². The Hall–Kier alpha value is -1.79. The van der Waals surface area contributed by atoms with Crippen molar-refractivity contribution in [3.8, 4) is 0 Å². The summed E-state index contributed by atoms with van der Waals surface area (Å²) in [4.78, 5) is 35.5. The van der Waals surface area contributed by atoms with Crippen LogP contribution in [-0.2, 0) is 28.6 Å². The van der Waals surface area contributed by atoms with Crippen LogP contribution in [0.15, 0.2) is 0 Å². The number of carbonyl (C=O) groups is 3. The third kappa shape index (κ3) is 25.8. The number of aliphatic hydroxyl groups excluding tert-OH is 5. The van der Waals surface area contributed by atoms with E-state index in [2.05, 4.69) is 27.7 Å². The Morgan fingerprint density at radius 3 is 1.10 bits per heavy atom. The molecule has 0 saturated carbocycles. The summed E-state index contributed by atoms with van der Waals surface area (Å²) in [7, 11) is 0. The van der Waals surface area contributed by atoms with Crippen molar-refractivity contribution in [2.75, 3.05) is 33.0 Å². The van der Waals surface area contributed by atoms with Crippen LogP contribution in [-0.4, -0.2) is 94.8 Å². The minimum atomic E-state index is -0.794. The van der Waals surface area contributed by atoms with Gasteiger partial charge in [0.2, 0.25) is 0 Å². The zero-order chi connectivity index (χ0) is 38.1. The molecule has 0 aromatic carbocycles. The lowest BCUT2D eigenvalue weighted by Crippen LogP contribution is -2.33. The van der Waals surface area contributed by atoms with Crippen LogP contribution in [0.5, 0.6) is 0 Å². The van der Waals surface area contributed by atoms with Crippen LogP contribution in [0.4, 0.5) is 0 Å². The highest BCUT2D eigenvalue weighted by Crippen LogP contribution is 2.24. The van der Waals surface area contributed by atoms with Crippen LogP contribution in [0.3, 0.4) is 0 Å². The Kier molecular flexibility index (Phi) is 34.1. The molecule has 0 aliphatic heterocycles. The van der Waals surface area contributed by atoms with E-state index >= 15 is 0 Å². The van der Waals surface area contributed by atoms with Crippen LogP contribution in [0, 0.1) is 53.3 Å². The van der Waals surface area contributed by atoms with Crippen molar-refractivity contribution in [1.82, 2.24) is 0 Å². The lowest BCUT2D eigenvalue weighted by Gasteiger charge is -2.24. The molecule has 0 radical (unpaired) electrons. The zero-order valence-electron chi connectivity index (χ0n) is 32.5. The Morgan fingerprint density at radius 1 is 0.469 bits per heavy atom. The van der Waals surface area contributed by atoms with Gasteiger partial charge in [-0.2, -0.15) is 0 Å². The van der Waals surface area contributed by atoms with Crippen molar-refractivity contribution in [3.63, 3.8) is 0 Å². The minimum Gasteiger partial charge on any atom is -0.460 e. The van der Waals surface area contributed by atoms with Gasteiger partial charge >= 0.3 is 17.9 Å². The molecule has 0 aliphatic rings.